The SMILES string of the molecule is COCC(COc1ccc2oc(=O)cc(C)c2c1)OC. The molecule has 0 spiro atoms. The molecular weight excluding hydrogens is 260 g/mol. The van der Waals surface area contributed by atoms with Crippen molar-refractivity contribution >= 4 is 11.0 Å². The summed E-state index contributed by atoms with van der Waals surface area (Å²) in [7, 11) is 3.24. The normalized spacial score (nSPS) is 12.6. The Bertz CT molecular complexity index is 632. The van der Waals surface area contributed by atoms with E-state index >= 15 is 0 Å². The van der Waals surface area contributed by atoms with Gasteiger partial charge in [0.1, 0.15) is 24.0 Å². The molecule has 20 heavy (non-hydrogen) atoms. The van der Waals surface area contributed by atoms with Crippen LogP contribution in [0.1, 0.15) is 5.56 Å². The Balaban J connectivity index is 2.17. The average molecular weight is 278 g/mol. The van der Waals surface area contributed by atoms with E-state index in [4.69, 9.17) is 18.6 Å². The maximum atomic E-state index is 11.3. The first-order valence-corrected chi connectivity index (χ1v) is 6.33. The third-order valence-electron chi connectivity index (χ3n) is 3.04. The predicted molar refractivity (Wildman–Crippen MR) is 75.4 cm³/mol. The molecule has 0 amide bonds. The maximum Gasteiger partial charge on any atom is 0.336 e. The van der Waals surface area contributed by atoms with E-state index in [-0.39, 0.29) is 11.7 Å². The first-order valence-electron chi connectivity index (χ1n) is 6.33. The Labute approximate surface area is 117 Å². The predicted octanol–water partition coefficient (Wildman–Crippen LogP) is 2.14. The van der Waals surface area contributed by atoms with Crippen LogP contribution in [-0.4, -0.2) is 33.5 Å². The first kappa shape index (κ1) is 14.6. The van der Waals surface area contributed by atoms with Crippen molar-refractivity contribution in [1.29, 1.82) is 0 Å². The molecule has 1 heterocycles. The Morgan fingerprint density at radius 2 is 2.00 bits per heavy atom. The molecule has 1 aromatic heterocycles. The number of methoxy groups -OCH3 is 2. The van der Waals surface area contributed by atoms with E-state index in [1.165, 1.54) is 6.07 Å². The third kappa shape index (κ3) is 3.37. The Kier molecular flexibility index (Phi) is 4.76. The van der Waals surface area contributed by atoms with Gasteiger partial charge in [0.2, 0.25) is 0 Å². The summed E-state index contributed by atoms with van der Waals surface area (Å²) in [6, 6.07) is 6.82. The molecular formula is C15H18O5. The fraction of sp³-hybridized carbons (Fsp3) is 0.400. The Morgan fingerprint density at radius 3 is 2.70 bits per heavy atom. The van der Waals surface area contributed by atoms with Crippen molar-refractivity contribution in [3.05, 3.63) is 40.2 Å². The molecule has 0 aliphatic carbocycles. The molecule has 0 saturated carbocycles. The van der Waals surface area contributed by atoms with Gasteiger partial charge in [-0.25, -0.2) is 4.79 Å². The van der Waals surface area contributed by atoms with Gasteiger partial charge in [-0.15, -0.1) is 0 Å². The van der Waals surface area contributed by atoms with Gasteiger partial charge in [0, 0.05) is 25.7 Å². The molecule has 0 fully saturated rings. The van der Waals surface area contributed by atoms with Crippen molar-refractivity contribution in [1.82, 2.24) is 0 Å². The summed E-state index contributed by atoms with van der Waals surface area (Å²) in [6.45, 7) is 2.73. The van der Waals surface area contributed by atoms with E-state index in [1.807, 2.05) is 13.0 Å². The number of benzene rings is 1. The minimum Gasteiger partial charge on any atom is -0.491 e. The van der Waals surface area contributed by atoms with Gasteiger partial charge in [-0.1, -0.05) is 0 Å². The summed E-state index contributed by atoms with van der Waals surface area (Å²) in [5.41, 5.74) is 1.08. The monoisotopic (exact) mass is 278 g/mol. The van der Waals surface area contributed by atoms with Crippen molar-refractivity contribution in [2.45, 2.75) is 13.0 Å². The highest BCUT2D eigenvalue weighted by atomic mass is 16.5. The molecule has 1 aromatic carbocycles. The summed E-state index contributed by atoms with van der Waals surface area (Å²) in [4.78, 5) is 11.3. The number of hydrogen-bond acceptors (Lipinski definition) is 5. The summed E-state index contributed by atoms with van der Waals surface area (Å²) in [6.07, 6.45) is -0.120. The lowest BCUT2D eigenvalue weighted by atomic mass is 10.1. The molecule has 0 aliphatic rings. The number of fused-ring (bicyclic) bond motifs is 1. The smallest absolute Gasteiger partial charge is 0.336 e. The highest BCUT2D eigenvalue weighted by Gasteiger charge is 2.09. The van der Waals surface area contributed by atoms with Gasteiger partial charge in [0.05, 0.1) is 6.61 Å². The van der Waals surface area contributed by atoms with Crippen LogP contribution < -0.4 is 10.4 Å². The van der Waals surface area contributed by atoms with Gasteiger partial charge in [-0.2, -0.15) is 0 Å². The van der Waals surface area contributed by atoms with Crippen LogP contribution in [0.25, 0.3) is 11.0 Å². The number of aryl methyl sites for hydroxylation is 1. The minimum absolute atomic E-state index is 0.120. The number of rotatable bonds is 6. The molecule has 1 atom stereocenters. The lowest BCUT2D eigenvalue weighted by Crippen LogP contribution is -2.25. The number of hydrogen-bond donors (Lipinski definition) is 0. The fourth-order valence-corrected chi connectivity index (χ4v) is 1.95. The largest absolute Gasteiger partial charge is 0.491 e. The Hall–Kier alpha value is -1.85. The summed E-state index contributed by atoms with van der Waals surface area (Å²) >= 11 is 0. The van der Waals surface area contributed by atoms with E-state index in [0.717, 1.165) is 10.9 Å². The van der Waals surface area contributed by atoms with Crippen molar-refractivity contribution in [2.24, 2.45) is 0 Å². The highest BCUT2D eigenvalue weighted by Crippen LogP contribution is 2.22. The second kappa shape index (κ2) is 6.54. The zero-order chi connectivity index (χ0) is 14.5. The van der Waals surface area contributed by atoms with Crippen LogP contribution in [0.5, 0.6) is 5.75 Å². The third-order valence-corrected chi connectivity index (χ3v) is 3.04. The minimum atomic E-state index is -0.344. The molecule has 0 N–H and O–H groups in total. The molecule has 1 unspecified atom stereocenters. The van der Waals surface area contributed by atoms with Gasteiger partial charge >= 0.3 is 5.63 Å². The van der Waals surface area contributed by atoms with Crippen molar-refractivity contribution in [3.8, 4) is 5.75 Å². The zero-order valence-electron chi connectivity index (χ0n) is 11.8. The zero-order valence-corrected chi connectivity index (χ0v) is 11.8. The summed E-state index contributed by atoms with van der Waals surface area (Å²) in [5.74, 6) is 0.701. The van der Waals surface area contributed by atoms with Crippen LogP contribution in [0, 0.1) is 6.92 Å². The fourth-order valence-electron chi connectivity index (χ4n) is 1.95. The number of ether oxygens (including phenoxy) is 3. The average Bonchev–Trinajstić information content (AvgIpc) is 2.43. The van der Waals surface area contributed by atoms with Gasteiger partial charge in [0.25, 0.3) is 0 Å². The quantitative estimate of drug-likeness (QED) is 0.758. The molecule has 2 aromatic rings. The van der Waals surface area contributed by atoms with Gasteiger partial charge in [-0.05, 0) is 30.7 Å². The maximum absolute atomic E-state index is 11.3. The molecule has 2 rings (SSSR count). The molecule has 108 valence electrons. The van der Waals surface area contributed by atoms with Crippen LogP contribution >= 0.6 is 0 Å². The van der Waals surface area contributed by atoms with Gasteiger partial charge in [-0.3, -0.25) is 0 Å². The van der Waals surface area contributed by atoms with Crippen LogP contribution in [-0.2, 0) is 9.47 Å². The lowest BCUT2D eigenvalue weighted by Gasteiger charge is -2.15. The van der Waals surface area contributed by atoms with Crippen molar-refractivity contribution in [2.75, 3.05) is 27.4 Å². The molecule has 0 radical (unpaired) electrons. The second-order valence-electron chi connectivity index (χ2n) is 4.53. The van der Waals surface area contributed by atoms with E-state index in [0.29, 0.717) is 24.5 Å². The van der Waals surface area contributed by atoms with Crippen LogP contribution in [0.15, 0.2) is 33.5 Å². The summed E-state index contributed by atoms with van der Waals surface area (Å²) in [5, 5.41) is 0.864. The van der Waals surface area contributed by atoms with E-state index in [1.54, 1.807) is 26.4 Å². The van der Waals surface area contributed by atoms with E-state index in [9.17, 15) is 4.79 Å². The Morgan fingerprint density at radius 1 is 1.20 bits per heavy atom. The van der Waals surface area contributed by atoms with Crippen LogP contribution in [0.4, 0.5) is 0 Å². The summed E-state index contributed by atoms with van der Waals surface area (Å²) < 4.78 is 21.1. The van der Waals surface area contributed by atoms with Crippen LogP contribution in [0.3, 0.4) is 0 Å². The first-order chi connectivity index (χ1) is 9.63. The van der Waals surface area contributed by atoms with Gasteiger partial charge in [0.15, 0.2) is 0 Å². The van der Waals surface area contributed by atoms with E-state index in [2.05, 4.69) is 0 Å². The van der Waals surface area contributed by atoms with Gasteiger partial charge < -0.3 is 18.6 Å². The highest BCUT2D eigenvalue weighted by molar-refractivity contribution is 5.81. The second-order valence-corrected chi connectivity index (χ2v) is 4.53. The molecule has 0 saturated heterocycles. The van der Waals surface area contributed by atoms with Crippen LogP contribution in [0.2, 0.25) is 0 Å². The van der Waals surface area contributed by atoms with E-state index < -0.39 is 0 Å². The van der Waals surface area contributed by atoms with Crippen molar-refractivity contribution < 1.29 is 18.6 Å². The lowest BCUT2D eigenvalue weighted by molar-refractivity contribution is 0.000900. The van der Waals surface area contributed by atoms with Crippen molar-refractivity contribution in [3.63, 3.8) is 0 Å². The molecule has 5 heteroatoms. The molecule has 0 aliphatic heterocycles. The topological polar surface area (TPSA) is 57.9 Å². The standard InChI is InChI=1S/C15H18O5/c1-10-6-15(16)20-14-5-4-11(7-13(10)14)19-9-12(18-3)8-17-2/h4-7,12H,8-9H2,1-3H3. The molecule has 0 bridgehead atoms. The molecule has 5 nitrogen and oxygen atoms in total.